The third kappa shape index (κ3) is 5.13. The fraction of sp³-hybridized carbons (Fsp3) is 0.600. The van der Waals surface area contributed by atoms with Crippen molar-refractivity contribution in [2.75, 3.05) is 29.6 Å². The van der Waals surface area contributed by atoms with Crippen molar-refractivity contribution in [3.05, 3.63) is 16.6 Å². The summed E-state index contributed by atoms with van der Waals surface area (Å²) in [6, 6.07) is 3.38. The summed E-state index contributed by atoms with van der Waals surface area (Å²) in [4.78, 5) is 18.6. The van der Waals surface area contributed by atoms with Crippen LogP contribution in [0.25, 0.3) is 0 Å². The maximum atomic E-state index is 12.4. The molecule has 3 rings (SSSR count). The molecule has 0 bridgehead atoms. The van der Waals surface area contributed by atoms with Gasteiger partial charge in [-0.15, -0.1) is 0 Å². The number of sulfone groups is 1. The van der Waals surface area contributed by atoms with Crippen LogP contribution in [-0.4, -0.2) is 55.5 Å². The molecule has 7 nitrogen and oxygen atoms in total. The number of rotatable bonds is 8. The number of aliphatic imine (C=N–C) groups is 1. The van der Waals surface area contributed by atoms with Crippen LogP contribution in [0, 0.1) is 0 Å². The van der Waals surface area contributed by atoms with Crippen molar-refractivity contribution in [3.8, 4) is 11.5 Å². The van der Waals surface area contributed by atoms with Gasteiger partial charge in [-0.25, -0.2) is 8.42 Å². The lowest BCUT2D eigenvalue weighted by Crippen LogP contribution is -2.38. The van der Waals surface area contributed by atoms with Gasteiger partial charge in [0.25, 0.3) is 0 Å². The van der Waals surface area contributed by atoms with Crippen molar-refractivity contribution in [3.63, 3.8) is 0 Å². The highest BCUT2D eigenvalue weighted by molar-refractivity contribution is 9.10. The van der Waals surface area contributed by atoms with E-state index in [0.717, 1.165) is 23.0 Å². The van der Waals surface area contributed by atoms with Crippen molar-refractivity contribution in [1.29, 1.82) is 0 Å². The first kappa shape index (κ1) is 23.4. The van der Waals surface area contributed by atoms with Crippen LogP contribution in [-0.2, 0) is 14.6 Å². The van der Waals surface area contributed by atoms with E-state index in [1.165, 1.54) is 11.8 Å². The van der Waals surface area contributed by atoms with Gasteiger partial charge >= 0.3 is 0 Å². The maximum Gasteiger partial charge on any atom is 0.248 e. The number of nitrogens with zero attached hydrogens (tertiary/aromatic N) is 2. The van der Waals surface area contributed by atoms with Crippen LogP contribution in [0.4, 0.5) is 5.69 Å². The standard InChI is InChI=1S/C20H27BrN2O5S2/c1-4-7-8-19(24)22-20-23(15-11-30(25,26)12-18(15)29-20)14-10-17(28-6-3)16(27-5-2)9-13(14)21/h9-10,15,18H,4-8,11-12H2,1-3H3/t15-,18-/m1/s1. The number of ether oxygens (including phenoxy) is 2. The minimum Gasteiger partial charge on any atom is -0.490 e. The Morgan fingerprint density at radius 3 is 2.50 bits per heavy atom. The van der Waals surface area contributed by atoms with Crippen LogP contribution < -0.4 is 14.4 Å². The van der Waals surface area contributed by atoms with Crippen LogP contribution >= 0.6 is 27.7 Å². The average molecular weight is 519 g/mol. The summed E-state index contributed by atoms with van der Waals surface area (Å²) < 4.78 is 36.7. The van der Waals surface area contributed by atoms with Crippen molar-refractivity contribution < 1.29 is 22.7 Å². The number of carbonyl (C=O) groups excluding carboxylic acids is 1. The van der Waals surface area contributed by atoms with Crippen molar-refractivity contribution in [1.82, 2.24) is 0 Å². The molecule has 2 atom stereocenters. The number of carbonyl (C=O) groups is 1. The molecule has 2 heterocycles. The Labute approximate surface area is 190 Å². The monoisotopic (exact) mass is 518 g/mol. The van der Waals surface area contributed by atoms with Gasteiger partial charge in [0.05, 0.1) is 36.4 Å². The molecule has 2 saturated heterocycles. The summed E-state index contributed by atoms with van der Waals surface area (Å²) in [6.45, 7) is 6.77. The smallest absolute Gasteiger partial charge is 0.248 e. The van der Waals surface area contributed by atoms with Gasteiger partial charge in [0.15, 0.2) is 26.5 Å². The SMILES string of the molecule is CCCCC(=O)N=C1S[C@@H]2CS(=O)(=O)C[C@H]2N1c1cc(OCC)c(OCC)cc1Br. The first-order valence-corrected chi connectivity index (χ1v) is 13.7. The molecule has 0 spiro atoms. The molecule has 0 aliphatic carbocycles. The fourth-order valence-corrected chi connectivity index (χ4v) is 8.02. The second kappa shape index (κ2) is 9.91. The van der Waals surface area contributed by atoms with E-state index in [9.17, 15) is 13.2 Å². The summed E-state index contributed by atoms with van der Waals surface area (Å²) in [7, 11) is -3.14. The summed E-state index contributed by atoms with van der Waals surface area (Å²) >= 11 is 4.97. The highest BCUT2D eigenvalue weighted by atomic mass is 79.9. The highest BCUT2D eigenvalue weighted by Gasteiger charge is 2.50. The van der Waals surface area contributed by atoms with Crippen molar-refractivity contribution >= 4 is 54.3 Å². The molecule has 166 valence electrons. The van der Waals surface area contributed by atoms with Gasteiger partial charge in [-0.3, -0.25) is 4.79 Å². The number of amidine groups is 1. The van der Waals surface area contributed by atoms with E-state index < -0.39 is 9.84 Å². The zero-order chi connectivity index (χ0) is 21.9. The lowest BCUT2D eigenvalue weighted by molar-refractivity contribution is -0.117. The summed E-state index contributed by atoms with van der Waals surface area (Å²) in [5.41, 5.74) is 0.723. The van der Waals surface area contributed by atoms with Gasteiger partial charge < -0.3 is 14.4 Å². The van der Waals surface area contributed by atoms with Crippen LogP contribution in [0.3, 0.4) is 0 Å². The van der Waals surface area contributed by atoms with Crippen LogP contribution in [0.15, 0.2) is 21.6 Å². The van der Waals surface area contributed by atoms with E-state index in [1.807, 2.05) is 37.8 Å². The van der Waals surface area contributed by atoms with Gasteiger partial charge in [-0.1, -0.05) is 25.1 Å². The van der Waals surface area contributed by atoms with E-state index >= 15 is 0 Å². The lowest BCUT2D eigenvalue weighted by atomic mass is 10.2. The van der Waals surface area contributed by atoms with Crippen LogP contribution in [0.1, 0.15) is 40.0 Å². The number of benzene rings is 1. The predicted octanol–water partition coefficient (Wildman–Crippen LogP) is 4.04. The number of amides is 1. The van der Waals surface area contributed by atoms with E-state index in [1.54, 1.807) is 0 Å². The number of thioether (sulfide) groups is 1. The molecule has 2 aliphatic heterocycles. The van der Waals surface area contributed by atoms with Gasteiger partial charge in [-0.05, 0) is 36.2 Å². The topological polar surface area (TPSA) is 85.3 Å². The molecule has 1 aromatic rings. The minimum absolute atomic E-state index is 0.0382. The van der Waals surface area contributed by atoms with Gasteiger partial charge in [0, 0.05) is 28.3 Å². The van der Waals surface area contributed by atoms with E-state index in [-0.39, 0.29) is 28.7 Å². The van der Waals surface area contributed by atoms with E-state index in [2.05, 4.69) is 20.9 Å². The first-order chi connectivity index (χ1) is 14.3. The second-order valence-electron chi connectivity index (χ2n) is 7.18. The quantitative estimate of drug-likeness (QED) is 0.513. The second-order valence-corrected chi connectivity index (χ2v) is 11.4. The van der Waals surface area contributed by atoms with Crippen molar-refractivity contribution in [2.45, 2.75) is 51.3 Å². The van der Waals surface area contributed by atoms with E-state index in [4.69, 9.17) is 9.47 Å². The molecule has 2 aliphatic rings. The number of hydrogen-bond acceptors (Lipinski definition) is 6. The molecule has 1 aromatic carbocycles. The molecular weight excluding hydrogens is 492 g/mol. The van der Waals surface area contributed by atoms with Gasteiger partial charge in [0.2, 0.25) is 5.91 Å². The Morgan fingerprint density at radius 1 is 1.20 bits per heavy atom. The number of halogens is 1. The lowest BCUT2D eigenvalue weighted by Gasteiger charge is -2.27. The Hall–Kier alpha value is -1.26. The largest absolute Gasteiger partial charge is 0.490 e. The Kier molecular flexibility index (Phi) is 7.73. The Bertz CT molecular complexity index is 935. The molecule has 0 aromatic heterocycles. The summed E-state index contributed by atoms with van der Waals surface area (Å²) in [5, 5.41) is 0.398. The molecule has 1 amide bonds. The zero-order valence-corrected chi connectivity index (χ0v) is 20.6. The molecule has 0 saturated carbocycles. The molecule has 10 heteroatoms. The third-order valence-electron chi connectivity index (χ3n) is 4.90. The van der Waals surface area contributed by atoms with E-state index in [0.29, 0.717) is 36.3 Å². The predicted molar refractivity (Wildman–Crippen MR) is 125 cm³/mol. The molecular formula is C20H27BrN2O5S2. The molecule has 0 radical (unpaired) electrons. The highest BCUT2D eigenvalue weighted by Crippen LogP contribution is 2.46. The third-order valence-corrected chi connectivity index (χ3v) is 8.75. The Balaban J connectivity index is 2.04. The number of unbranched alkanes of at least 4 members (excludes halogenated alkanes) is 1. The minimum atomic E-state index is -3.14. The number of hydrogen-bond donors (Lipinski definition) is 0. The number of anilines is 1. The summed E-state index contributed by atoms with van der Waals surface area (Å²) in [6.07, 6.45) is 2.08. The molecule has 0 unspecified atom stereocenters. The van der Waals surface area contributed by atoms with Crippen LogP contribution in [0.5, 0.6) is 11.5 Å². The van der Waals surface area contributed by atoms with Crippen molar-refractivity contribution in [2.24, 2.45) is 4.99 Å². The molecule has 2 fully saturated rings. The van der Waals surface area contributed by atoms with Crippen LogP contribution in [0.2, 0.25) is 0 Å². The maximum absolute atomic E-state index is 12.4. The fourth-order valence-electron chi connectivity index (χ4n) is 3.58. The zero-order valence-electron chi connectivity index (χ0n) is 17.4. The number of fused-ring (bicyclic) bond motifs is 1. The van der Waals surface area contributed by atoms with Gasteiger partial charge in [0.1, 0.15) is 0 Å². The Morgan fingerprint density at radius 2 is 1.87 bits per heavy atom. The average Bonchev–Trinajstić information content (AvgIpc) is 3.13. The molecule has 0 N–H and O–H groups in total. The summed E-state index contributed by atoms with van der Waals surface area (Å²) in [5.74, 6) is 1.13. The first-order valence-electron chi connectivity index (χ1n) is 10.2. The molecule has 30 heavy (non-hydrogen) atoms. The van der Waals surface area contributed by atoms with Gasteiger partial charge in [-0.2, -0.15) is 4.99 Å². The normalized spacial score (nSPS) is 23.6.